The van der Waals surface area contributed by atoms with Crippen molar-refractivity contribution in [1.82, 2.24) is 4.90 Å². The van der Waals surface area contributed by atoms with Gasteiger partial charge in [-0.15, -0.1) is 0 Å². The SMILES string of the molecule is Cc1cccc(C(c2cccc(Br)c2)N2CCC(C(=O)O)CC2)c1. The van der Waals surface area contributed by atoms with Crippen LogP contribution in [-0.4, -0.2) is 29.1 Å². The first kappa shape index (κ1) is 17.2. The fourth-order valence-electron chi connectivity index (χ4n) is 3.54. The number of rotatable bonds is 4. The lowest BCUT2D eigenvalue weighted by Crippen LogP contribution is -2.39. The molecule has 0 saturated carbocycles. The Hall–Kier alpha value is -1.65. The van der Waals surface area contributed by atoms with Gasteiger partial charge in [-0.05, 0) is 56.1 Å². The van der Waals surface area contributed by atoms with Gasteiger partial charge in [0.05, 0.1) is 12.0 Å². The van der Waals surface area contributed by atoms with Crippen molar-refractivity contribution in [3.05, 3.63) is 69.7 Å². The number of carboxylic acids is 1. The zero-order chi connectivity index (χ0) is 17.1. The minimum Gasteiger partial charge on any atom is -0.481 e. The van der Waals surface area contributed by atoms with E-state index in [0.717, 1.165) is 17.6 Å². The predicted octanol–water partition coefficient (Wildman–Crippen LogP) is 4.64. The van der Waals surface area contributed by atoms with Gasteiger partial charge < -0.3 is 5.11 Å². The van der Waals surface area contributed by atoms with Crippen LogP contribution in [0.4, 0.5) is 0 Å². The molecule has 0 aliphatic carbocycles. The van der Waals surface area contributed by atoms with E-state index in [4.69, 9.17) is 0 Å². The van der Waals surface area contributed by atoms with Crippen molar-refractivity contribution in [2.24, 2.45) is 5.92 Å². The Morgan fingerprint density at radius 1 is 1.12 bits per heavy atom. The summed E-state index contributed by atoms with van der Waals surface area (Å²) in [6, 6.07) is 17.2. The van der Waals surface area contributed by atoms with Crippen molar-refractivity contribution < 1.29 is 9.90 Å². The number of nitrogens with zero attached hydrogens (tertiary/aromatic N) is 1. The van der Waals surface area contributed by atoms with E-state index in [9.17, 15) is 9.90 Å². The number of benzene rings is 2. The Morgan fingerprint density at radius 3 is 2.33 bits per heavy atom. The zero-order valence-electron chi connectivity index (χ0n) is 13.8. The smallest absolute Gasteiger partial charge is 0.306 e. The standard InChI is InChI=1S/C20H22BrNO2/c1-14-4-2-5-16(12-14)19(17-6-3-7-18(21)13-17)22-10-8-15(9-11-22)20(23)24/h2-7,12-13,15,19H,8-11H2,1H3,(H,23,24). The first-order chi connectivity index (χ1) is 11.5. The number of carboxylic acid groups (broad SMARTS) is 1. The summed E-state index contributed by atoms with van der Waals surface area (Å²) in [6.45, 7) is 3.72. The Balaban J connectivity index is 1.93. The van der Waals surface area contributed by atoms with Crippen LogP contribution < -0.4 is 0 Å². The summed E-state index contributed by atoms with van der Waals surface area (Å²) < 4.78 is 1.07. The molecule has 1 aliphatic heterocycles. The van der Waals surface area contributed by atoms with Gasteiger partial charge in [-0.3, -0.25) is 9.69 Å². The third-order valence-electron chi connectivity index (χ3n) is 4.77. The largest absolute Gasteiger partial charge is 0.481 e. The van der Waals surface area contributed by atoms with Crippen LogP contribution in [0.1, 0.15) is 35.6 Å². The topological polar surface area (TPSA) is 40.5 Å². The monoisotopic (exact) mass is 387 g/mol. The van der Waals surface area contributed by atoms with Crippen molar-refractivity contribution >= 4 is 21.9 Å². The number of piperidine rings is 1. The summed E-state index contributed by atoms with van der Waals surface area (Å²) in [4.78, 5) is 13.6. The second-order valence-corrected chi connectivity index (χ2v) is 7.44. The zero-order valence-corrected chi connectivity index (χ0v) is 15.4. The molecule has 2 aromatic carbocycles. The quantitative estimate of drug-likeness (QED) is 0.830. The van der Waals surface area contributed by atoms with Crippen LogP contribution in [0.15, 0.2) is 53.0 Å². The maximum absolute atomic E-state index is 11.2. The highest BCUT2D eigenvalue weighted by atomic mass is 79.9. The van der Waals surface area contributed by atoms with E-state index >= 15 is 0 Å². The van der Waals surface area contributed by atoms with Crippen LogP contribution >= 0.6 is 15.9 Å². The molecule has 3 rings (SSSR count). The Labute approximate surface area is 151 Å². The average Bonchev–Trinajstić information content (AvgIpc) is 2.56. The van der Waals surface area contributed by atoms with E-state index in [0.29, 0.717) is 12.8 Å². The van der Waals surface area contributed by atoms with Crippen LogP contribution in [0.2, 0.25) is 0 Å². The van der Waals surface area contributed by atoms with E-state index < -0.39 is 5.97 Å². The number of carbonyl (C=O) groups is 1. The van der Waals surface area contributed by atoms with Gasteiger partial charge in [0.1, 0.15) is 0 Å². The third kappa shape index (κ3) is 3.87. The van der Waals surface area contributed by atoms with Crippen molar-refractivity contribution in [2.45, 2.75) is 25.8 Å². The molecule has 1 N–H and O–H groups in total. The normalized spacial score (nSPS) is 17.6. The van der Waals surface area contributed by atoms with Gasteiger partial charge in [0.25, 0.3) is 0 Å². The summed E-state index contributed by atoms with van der Waals surface area (Å²) in [5, 5.41) is 9.25. The molecule has 1 unspecified atom stereocenters. The Bertz CT molecular complexity index is 678. The van der Waals surface area contributed by atoms with Gasteiger partial charge in [-0.25, -0.2) is 0 Å². The third-order valence-corrected chi connectivity index (χ3v) is 5.26. The van der Waals surface area contributed by atoms with Crippen molar-refractivity contribution in [2.75, 3.05) is 13.1 Å². The summed E-state index contributed by atoms with van der Waals surface area (Å²) in [5.74, 6) is -0.869. The molecule has 1 atom stereocenters. The molecule has 4 heteroatoms. The van der Waals surface area contributed by atoms with Crippen LogP contribution in [0.5, 0.6) is 0 Å². The van der Waals surface area contributed by atoms with Crippen molar-refractivity contribution in [3.8, 4) is 0 Å². The molecular weight excluding hydrogens is 366 g/mol. The highest BCUT2D eigenvalue weighted by molar-refractivity contribution is 9.10. The highest BCUT2D eigenvalue weighted by Crippen LogP contribution is 2.33. The molecule has 0 bridgehead atoms. The van der Waals surface area contributed by atoms with Gasteiger partial charge in [0.15, 0.2) is 0 Å². The van der Waals surface area contributed by atoms with E-state index in [1.807, 2.05) is 6.07 Å². The van der Waals surface area contributed by atoms with E-state index in [1.54, 1.807) is 0 Å². The second-order valence-electron chi connectivity index (χ2n) is 6.52. The minimum absolute atomic E-state index is 0.164. The summed E-state index contributed by atoms with van der Waals surface area (Å²) in [6.07, 6.45) is 1.43. The van der Waals surface area contributed by atoms with Crippen LogP contribution in [-0.2, 0) is 4.79 Å². The lowest BCUT2D eigenvalue weighted by atomic mass is 9.91. The van der Waals surface area contributed by atoms with Crippen LogP contribution in [0.3, 0.4) is 0 Å². The lowest BCUT2D eigenvalue weighted by Gasteiger charge is -2.37. The van der Waals surface area contributed by atoms with Gasteiger partial charge in [-0.1, -0.05) is 57.9 Å². The average molecular weight is 388 g/mol. The Kier molecular flexibility index (Phi) is 5.36. The van der Waals surface area contributed by atoms with E-state index in [-0.39, 0.29) is 12.0 Å². The lowest BCUT2D eigenvalue weighted by molar-refractivity contribution is -0.143. The highest BCUT2D eigenvalue weighted by Gasteiger charge is 2.30. The predicted molar refractivity (Wildman–Crippen MR) is 99.1 cm³/mol. The van der Waals surface area contributed by atoms with Crippen LogP contribution in [0.25, 0.3) is 0 Å². The fraction of sp³-hybridized carbons (Fsp3) is 0.350. The number of likely N-dealkylation sites (tertiary alicyclic amines) is 1. The second kappa shape index (κ2) is 7.49. The maximum Gasteiger partial charge on any atom is 0.306 e. The fourth-order valence-corrected chi connectivity index (χ4v) is 3.95. The Morgan fingerprint density at radius 2 is 1.75 bits per heavy atom. The maximum atomic E-state index is 11.2. The number of halogens is 1. The number of hydrogen-bond acceptors (Lipinski definition) is 2. The molecule has 1 heterocycles. The minimum atomic E-state index is -0.663. The van der Waals surface area contributed by atoms with Gasteiger partial charge in [0, 0.05) is 4.47 Å². The first-order valence-electron chi connectivity index (χ1n) is 8.33. The summed E-state index contributed by atoms with van der Waals surface area (Å²) >= 11 is 3.57. The molecule has 3 nitrogen and oxygen atoms in total. The van der Waals surface area contributed by atoms with Gasteiger partial charge >= 0.3 is 5.97 Å². The molecule has 24 heavy (non-hydrogen) atoms. The molecular formula is C20H22BrNO2. The van der Waals surface area contributed by atoms with Crippen molar-refractivity contribution in [3.63, 3.8) is 0 Å². The van der Waals surface area contributed by atoms with E-state index in [2.05, 4.69) is 70.2 Å². The molecule has 0 aromatic heterocycles. The molecule has 1 saturated heterocycles. The van der Waals surface area contributed by atoms with Crippen LogP contribution in [0, 0.1) is 12.8 Å². The number of aliphatic carboxylic acids is 1. The van der Waals surface area contributed by atoms with Crippen molar-refractivity contribution in [1.29, 1.82) is 0 Å². The molecule has 126 valence electrons. The van der Waals surface area contributed by atoms with E-state index in [1.165, 1.54) is 16.7 Å². The molecule has 1 aliphatic rings. The molecule has 2 aromatic rings. The summed E-state index contributed by atoms with van der Waals surface area (Å²) in [5.41, 5.74) is 3.75. The van der Waals surface area contributed by atoms with Gasteiger partial charge in [-0.2, -0.15) is 0 Å². The summed E-state index contributed by atoms with van der Waals surface area (Å²) in [7, 11) is 0. The molecule has 0 spiro atoms. The van der Waals surface area contributed by atoms with Gasteiger partial charge in [0.2, 0.25) is 0 Å². The number of aryl methyl sites for hydroxylation is 1. The first-order valence-corrected chi connectivity index (χ1v) is 9.13. The molecule has 1 fully saturated rings. The molecule has 0 amide bonds. The molecule has 0 radical (unpaired) electrons. The number of hydrogen-bond donors (Lipinski definition) is 1.